The lowest BCUT2D eigenvalue weighted by atomic mass is 10.2. The lowest BCUT2D eigenvalue weighted by Crippen LogP contribution is -2.30. The molecule has 1 aliphatic rings. The molecule has 0 spiro atoms. The molecule has 0 saturated heterocycles. The summed E-state index contributed by atoms with van der Waals surface area (Å²) >= 11 is 1.26. The van der Waals surface area contributed by atoms with E-state index in [1.807, 2.05) is 24.3 Å². The molecule has 2 aromatic heterocycles. The van der Waals surface area contributed by atoms with Crippen LogP contribution >= 0.6 is 11.3 Å². The van der Waals surface area contributed by atoms with E-state index in [4.69, 9.17) is 9.84 Å². The molecule has 0 bridgehead atoms. The van der Waals surface area contributed by atoms with Gasteiger partial charge in [0.05, 0.1) is 17.7 Å². The van der Waals surface area contributed by atoms with Gasteiger partial charge in [0.2, 0.25) is 0 Å². The zero-order valence-electron chi connectivity index (χ0n) is 13.8. The topological polar surface area (TPSA) is 93.5 Å². The van der Waals surface area contributed by atoms with Gasteiger partial charge in [-0.2, -0.15) is 4.98 Å². The number of carbonyl (C=O) groups is 1. The molecule has 0 radical (unpaired) electrons. The van der Waals surface area contributed by atoms with Crippen molar-refractivity contribution in [3.63, 3.8) is 0 Å². The van der Waals surface area contributed by atoms with E-state index in [2.05, 4.69) is 10.3 Å². The molecule has 1 aromatic carbocycles. The highest BCUT2D eigenvalue weighted by molar-refractivity contribution is 7.20. The second-order valence-electron chi connectivity index (χ2n) is 5.86. The number of aliphatic hydroxyl groups is 1. The Balaban J connectivity index is 1.57. The molecule has 27 heavy (non-hydrogen) atoms. The zero-order valence-corrected chi connectivity index (χ0v) is 14.6. The van der Waals surface area contributed by atoms with Gasteiger partial charge in [-0.25, -0.2) is 9.18 Å². The summed E-state index contributed by atoms with van der Waals surface area (Å²) in [7, 11) is 0. The highest BCUT2D eigenvalue weighted by atomic mass is 32.1. The number of aliphatic hydroxyl groups excluding tert-OH is 1. The first-order valence-electron chi connectivity index (χ1n) is 8.08. The number of nitrogens with zero attached hydrogens (tertiary/aromatic N) is 2. The van der Waals surface area contributed by atoms with E-state index in [-0.39, 0.29) is 6.61 Å². The summed E-state index contributed by atoms with van der Waals surface area (Å²) in [6.45, 7) is -0.249. The summed E-state index contributed by atoms with van der Waals surface area (Å²) in [5, 5.41) is 12.3. The molecular formula is C18H14FN3O4S. The molecule has 138 valence electrons. The first-order valence-corrected chi connectivity index (χ1v) is 8.90. The monoisotopic (exact) mass is 387 g/mol. The number of fused-ring (bicyclic) bond motifs is 1. The van der Waals surface area contributed by atoms with Gasteiger partial charge in [0.15, 0.2) is 17.9 Å². The van der Waals surface area contributed by atoms with E-state index in [9.17, 15) is 14.0 Å². The van der Waals surface area contributed by atoms with Gasteiger partial charge >= 0.3 is 5.69 Å². The second-order valence-corrected chi connectivity index (χ2v) is 6.95. The van der Waals surface area contributed by atoms with E-state index < -0.39 is 35.6 Å². The summed E-state index contributed by atoms with van der Waals surface area (Å²) in [4.78, 5) is 28.6. The van der Waals surface area contributed by atoms with Gasteiger partial charge in [0, 0.05) is 4.70 Å². The first kappa shape index (κ1) is 17.5. The van der Waals surface area contributed by atoms with Crippen LogP contribution in [0.5, 0.6) is 0 Å². The number of anilines is 1. The molecule has 2 N–H and O–H groups in total. The Bertz CT molecular complexity index is 1070. The highest BCUT2D eigenvalue weighted by Gasteiger charge is 2.23. The smallest absolute Gasteiger partial charge is 0.352 e. The van der Waals surface area contributed by atoms with E-state index in [0.29, 0.717) is 4.88 Å². The van der Waals surface area contributed by atoms with Crippen molar-refractivity contribution in [1.82, 2.24) is 9.55 Å². The van der Waals surface area contributed by atoms with Gasteiger partial charge in [-0.05, 0) is 23.6 Å². The summed E-state index contributed by atoms with van der Waals surface area (Å²) in [5.41, 5.74) is -0.781. The van der Waals surface area contributed by atoms with Crippen LogP contribution in [-0.2, 0) is 4.74 Å². The van der Waals surface area contributed by atoms with E-state index in [1.54, 1.807) is 12.1 Å². The summed E-state index contributed by atoms with van der Waals surface area (Å²) < 4.78 is 21.6. The molecule has 0 unspecified atom stereocenters. The van der Waals surface area contributed by atoms with Crippen LogP contribution in [0.3, 0.4) is 0 Å². The van der Waals surface area contributed by atoms with Gasteiger partial charge in [0.25, 0.3) is 5.91 Å². The summed E-state index contributed by atoms with van der Waals surface area (Å²) in [6, 6.07) is 9.17. The van der Waals surface area contributed by atoms with Crippen molar-refractivity contribution in [2.45, 2.75) is 12.3 Å². The number of halogens is 1. The Morgan fingerprint density at radius 1 is 1.37 bits per heavy atom. The standard InChI is InChI=1S/C18H14FN3O4S/c19-12-8-22(15-6-5-11(9-23)26-15)18(25)21-16(12)20-17(24)14-7-10-3-1-2-4-13(10)27-14/h1-8,11,15,23H,9H2,(H,20,21,24,25)/t11-,15+/m0/s1. The SMILES string of the molecule is O=C(Nc1nc(=O)n([C@H]2C=C[C@@H](CO)O2)cc1F)c1cc2ccccc2s1. The molecule has 4 rings (SSSR count). The van der Waals surface area contributed by atoms with E-state index in [1.165, 1.54) is 17.4 Å². The average Bonchev–Trinajstić information content (AvgIpc) is 3.31. The Hall–Kier alpha value is -2.88. The number of thiophene rings is 1. The van der Waals surface area contributed by atoms with Gasteiger partial charge < -0.3 is 15.2 Å². The number of ether oxygens (including phenoxy) is 1. The number of hydrogen-bond acceptors (Lipinski definition) is 6. The molecule has 0 saturated carbocycles. The fraction of sp³-hybridized carbons (Fsp3) is 0.167. The van der Waals surface area contributed by atoms with Crippen LogP contribution in [0.2, 0.25) is 0 Å². The lowest BCUT2D eigenvalue weighted by Gasteiger charge is -2.15. The number of amides is 1. The number of benzene rings is 1. The molecule has 2 atom stereocenters. The predicted molar refractivity (Wildman–Crippen MR) is 98.4 cm³/mol. The van der Waals surface area contributed by atoms with E-state index >= 15 is 0 Å². The lowest BCUT2D eigenvalue weighted by molar-refractivity contribution is -0.0106. The molecule has 3 heterocycles. The second kappa shape index (κ2) is 7.03. The van der Waals surface area contributed by atoms with Crippen LogP contribution in [0, 0.1) is 5.82 Å². The number of nitrogens with one attached hydrogen (secondary N) is 1. The van der Waals surface area contributed by atoms with Crippen molar-refractivity contribution in [3.8, 4) is 0 Å². The Morgan fingerprint density at radius 3 is 2.93 bits per heavy atom. The molecular weight excluding hydrogens is 373 g/mol. The van der Waals surface area contributed by atoms with Gasteiger partial charge in [-0.15, -0.1) is 11.3 Å². The van der Waals surface area contributed by atoms with Crippen molar-refractivity contribution in [2.24, 2.45) is 0 Å². The highest BCUT2D eigenvalue weighted by Crippen LogP contribution is 2.26. The van der Waals surface area contributed by atoms with Crippen LogP contribution in [0.15, 0.2) is 53.5 Å². The normalized spacial score (nSPS) is 18.9. The van der Waals surface area contributed by atoms with Crippen molar-refractivity contribution >= 4 is 33.1 Å². The van der Waals surface area contributed by atoms with Crippen molar-refractivity contribution in [1.29, 1.82) is 0 Å². The quantitative estimate of drug-likeness (QED) is 0.670. The fourth-order valence-corrected chi connectivity index (χ4v) is 3.69. The molecule has 0 aliphatic carbocycles. The zero-order chi connectivity index (χ0) is 19.0. The third kappa shape index (κ3) is 3.39. The minimum atomic E-state index is -0.867. The van der Waals surface area contributed by atoms with Crippen LogP contribution in [0.25, 0.3) is 10.1 Å². The molecule has 1 aliphatic heterocycles. The molecule has 7 nitrogen and oxygen atoms in total. The minimum absolute atomic E-state index is 0.249. The van der Waals surface area contributed by atoms with Crippen LogP contribution in [-0.4, -0.2) is 33.3 Å². The maximum absolute atomic E-state index is 14.4. The minimum Gasteiger partial charge on any atom is -0.393 e. The largest absolute Gasteiger partial charge is 0.393 e. The average molecular weight is 387 g/mol. The number of hydrogen-bond donors (Lipinski definition) is 2. The number of carbonyl (C=O) groups excluding carboxylic acids is 1. The Kier molecular flexibility index (Phi) is 4.56. The summed E-state index contributed by atoms with van der Waals surface area (Å²) in [6.07, 6.45) is 2.61. The van der Waals surface area contributed by atoms with Crippen molar-refractivity contribution in [3.05, 3.63) is 69.9 Å². The van der Waals surface area contributed by atoms with Gasteiger partial charge in [-0.3, -0.25) is 9.36 Å². The maximum Gasteiger partial charge on any atom is 0.352 e. The molecule has 3 aromatic rings. The third-order valence-corrected chi connectivity index (χ3v) is 5.16. The third-order valence-electron chi connectivity index (χ3n) is 4.05. The number of aromatic nitrogens is 2. The van der Waals surface area contributed by atoms with Crippen molar-refractivity contribution in [2.75, 3.05) is 11.9 Å². The van der Waals surface area contributed by atoms with Crippen molar-refractivity contribution < 1.29 is 19.0 Å². The number of rotatable bonds is 4. The predicted octanol–water partition coefficient (Wildman–Crippen LogP) is 2.30. The Labute approximate surface area is 156 Å². The summed E-state index contributed by atoms with van der Waals surface area (Å²) in [5.74, 6) is -1.86. The first-order chi connectivity index (χ1) is 13.0. The van der Waals surface area contributed by atoms with Gasteiger partial charge in [0.1, 0.15) is 6.10 Å². The van der Waals surface area contributed by atoms with Crippen LogP contribution in [0.1, 0.15) is 15.9 Å². The fourth-order valence-electron chi connectivity index (χ4n) is 2.73. The molecule has 9 heteroatoms. The maximum atomic E-state index is 14.4. The Morgan fingerprint density at radius 2 is 2.19 bits per heavy atom. The molecule has 0 fully saturated rings. The van der Waals surface area contributed by atoms with Gasteiger partial charge in [-0.1, -0.05) is 24.3 Å². The van der Waals surface area contributed by atoms with E-state index in [0.717, 1.165) is 20.9 Å². The van der Waals surface area contributed by atoms with Crippen LogP contribution in [0.4, 0.5) is 10.2 Å². The van der Waals surface area contributed by atoms with Crippen LogP contribution < -0.4 is 11.0 Å². The molecule has 1 amide bonds.